The van der Waals surface area contributed by atoms with Gasteiger partial charge in [-0.05, 0) is 35.4 Å². The second kappa shape index (κ2) is 7.98. The molecule has 0 spiro atoms. The Morgan fingerprint density at radius 2 is 1.79 bits per heavy atom. The van der Waals surface area contributed by atoms with Gasteiger partial charge in [-0.2, -0.15) is 0 Å². The van der Waals surface area contributed by atoms with Crippen molar-refractivity contribution in [3.8, 4) is 34.1 Å². The number of ether oxygens (including phenoxy) is 3. The van der Waals surface area contributed by atoms with E-state index in [9.17, 15) is 14.7 Å². The van der Waals surface area contributed by atoms with Gasteiger partial charge in [0.1, 0.15) is 28.7 Å². The number of aromatic hydroxyl groups is 1. The fraction of sp³-hybridized carbons (Fsp3) is 0.160. The van der Waals surface area contributed by atoms with Crippen molar-refractivity contribution in [2.45, 2.75) is 12.3 Å². The summed E-state index contributed by atoms with van der Waals surface area (Å²) in [5.74, 6) is -0.0444. The van der Waals surface area contributed by atoms with Gasteiger partial charge in [0.05, 0.1) is 26.2 Å². The van der Waals surface area contributed by atoms with Crippen LogP contribution in [0.1, 0.15) is 23.5 Å². The Bertz CT molecular complexity index is 1440. The van der Waals surface area contributed by atoms with E-state index in [1.807, 2.05) is 0 Å². The van der Waals surface area contributed by atoms with Crippen molar-refractivity contribution in [2.24, 2.45) is 0 Å². The topological polar surface area (TPSA) is 108 Å². The lowest BCUT2D eigenvalue weighted by molar-refractivity contribution is -0.135. The second-order valence-corrected chi connectivity index (χ2v) is 7.57. The molecule has 1 unspecified atom stereocenters. The number of carbonyl (C=O) groups is 1. The van der Waals surface area contributed by atoms with E-state index in [1.165, 1.54) is 26.5 Å². The molecular weight excluding hydrogens is 426 g/mol. The molecule has 1 N–H and O–H groups in total. The van der Waals surface area contributed by atoms with Gasteiger partial charge in [0.25, 0.3) is 0 Å². The molecule has 3 heterocycles. The summed E-state index contributed by atoms with van der Waals surface area (Å²) in [4.78, 5) is 29.8. The van der Waals surface area contributed by atoms with E-state index in [0.717, 1.165) is 5.56 Å². The fourth-order valence-corrected chi connectivity index (χ4v) is 4.22. The fourth-order valence-electron chi connectivity index (χ4n) is 4.22. The number of fused-ring (bicyclic) bond motifs is 3. The molecule has 0 aliphatic carbocycles. The van der Waals surface area contributed by atoms with Crippen LogP contribution in [-0.4, -0.2) is 30.3 Å². The average Bonchev–Trinajstić information content (AvgIpc) is 2.83. The summed E-state index contributed by atoms with van der Waals surface area (Å²) >= 11 is 0. The zero-order valence-corrected chi connectivity index (χ0v) is 17.8. The van der Waals surface area contributed by atoms with Crippen molar-refractivity contribution in [2.75, 3.05) is 14.2 Å². The van der Waals surface area contributed by atoms with Crippen LogP contribution in [0.4, 0.5) is 0 Å². The smallest absolute Gasteiger partial charge is 0.312 e. The van der Waals surface area contributed by atoms with Gasteiger partial charge in [-0.3, -0.25) is 14.6 Å². The Labute approximate surface area is 188 Å². The van der Waals surface area contributed by atoms with Crippen molar-refractivity contribution >= 4 is 16.9 Å². The van der Waals surface area contributed by atoms with E-state index < -0.39 is 17.3 Å². The molecule has 0 amide bonds. The van der Waals surface area contributed by atoms with Gasteiger partial charge >= 0.3 is 5.97 Å². The highest BCUT2D eigenvalue weighted by molar-refractivity contribution is 5.94. The summed E-state index contributed by atoms with van der Waals surface area (Å²) in [7, 11) is 3.03. The molecule has 33 heavy (non-hydrogen) atoms. The Morgan fingerprint density at radius 3 is 2.52 bits per heavy atom. The molecule has 0 bridgehead atoms. The van der Waals surface area contributed by atoms with Crippen LogP contribution in [0.15, 0.2) is 64.3 Å². The molecule has 0 radical (unpaired) electrons. The third-order valence-electron chi connectivity index (χ3n) is 5.77. The van der Waals surface area contributed by atoms with Crippen molar-refractivity contribution in [3.63, 3.8) is 0 Å². The number of rotatable bonds is 4. The first-order chi connectivity index (χ1) is 16.0. The van der Waals surface area contributed by atoms with Crippen molar-refractivity contribution < 1.29 is 28.5 Å². The van der Waals surface area contributed by atoms with Crippen LogP contribution < -0.4 is 19.6 Å². The predicted molar refractivity (Wildman–Crippen MR) is 119 cm³/mol. The number of esters is 1. The van der Waals surface area contributed by atoms with E-state index >= 15 is 0 Å². The SMILES string of the molecule is COc1ccc(-c2coc3c4c(cc(O)c3c2=O)OC(=O)CC4c2ccncc2)cc1OC. The number of aromatic nitrogens is 1. The minimum Gasteiger partial charge on any atom is -0.507 e. The summed E-state index contributed by atoms with van der Waals surface area (Å²) in [6, 6.07) is 9.93. The summed E-state index contributed by atoms with van der Waals surface area (Å²) in [5.41, 5.74) is 1.89. The highest BCUT2D eigenvalue weighted by Gasteiger charge is 2.33. The van der Waals surface area contributed by atoms with Gasteiger partial charge in [-0.15, -0.1) is 0 Å². The Hall–Kier alpha value is -4.33. The highest BCUT2D eigenvalue weighted by Crippen LogP contribution is 2.45. The van der Waals surface area contributed by atoms with Crippen LogP contribution in [0.25, 0.3) is 22.1 Å². The number of nitrogens with zero attached hydrogens (tertiary/aromatic N) is 1. The molecule has 2 aromatic carbocycles. The summed E-state index contributed by atoms with van der Waals surface area (Å²) in [6.45, 7) is 0. The Kier molecular flexibility index (Phi) is 4.97. The molecule has 0 fully saturated rings. The molecule has 1 aliphatic rings. The third kappa shape index (κ3) is 3.36. The zero-order chi connectivity index (χ0) is 23.1. The van der Waals surface area contributed by atoms with Gasteiger partial charge in [0, 0.05) is 29.9 Å². The van der Waals surface area contributed by atoms with E-state index in [1.54, 1.807) is 42.7 Å². The molecule has 8 nitrogen and oxygen atoms in total. The van der Waals surface area contributed by atoms with Gasteiger partial charge in [0.15, 0.2) is 11.5 Å². The minimum absolute atomic E-state index is 0.0121. The summed E-state index contributed by atoms with van der Waals surface area (Å²) < 4.78 is 21.9. The molecule has 5 rings (SSSR count). The maximum Gasteiger partial charge on any atom is 0.312 e. The third-order valence-corrected chi connectivity index (χ3v) is 5.77. The number of carbonyl (C=O) groups excluding carboxylic acids is 1. The maximum absolute atomic E-state index is 13.5. The number of phenolic OH excluding ortho intramolecular Hbond substituents is 1. The number of phenols is 1. The van der Waals surface area contributed by atoms with Crippen LogP contribution >= 0.6 is 0 Å². The van der Waals surface area contributed by atoms with E-state index in [-0.39, 0.29) is 34.5 Å². The Morgan fingerprint density at radius 1 is 1.03 bits per heavy atom. The first-order valence-corrected chi connectivity index (χ1v) is 10.2. The number of hydrogen-bond donors (Lipinski definition) is 1. The van der Waals surface area contributed by atoms with Crippen molar-refractivity contribution in [1.82, 2.24) is 4.98 Å². The van der Waals surface area contributed by atoms with Gasteiger partial charge in [-0.1, -0.05) is 6.07 Å². The second-order valence-electron chi connectivity index (χ2n) is 7.57. The monoisotopic (exact) mass is 445 g/mol. The van der Waals surface area contributed by atoms with Gasteiger partial charge < -0.3 is 23.7 Å². The van der Waals surface area contributed by atoms with Crippen LogP contribution in [0.2, 0.25) is 0 Å². The quantitative estimate of drug-likeness (QED) is 0.371. The van der Waals surface area contributed by atoms with E-state index in [0.29, 0.717) is 22.6 Å². The van der Waals surface area contributed by atoms with Crippen LogP contribution in [0.3, 0.4) is 0 Å². The molecular formula is C25H19NO7. The standard InChI is InChI=1S/C25H19NO7/c1-30-18-4-3-14(9-19(18)31-2)16-12-32-25-22-15(13-5-7-26-8-6-13)10-21(28)33-20(22)11-17(27)23(25)24(16)29/h3-9,11-12,15,27H,10H2,1-2H3. The predicted octanol–water partition coefficient (Wildman–Crippen LogP) is 4.02. The zero-order valence-electron chi connectivity index (χ0n) is 17.8. The normalized spacial score (nSPS) is 15.1. The number of hydrogen-bond acceptors (Lipinski definition) is 8. The lowest BCUT2D eigenvalue weighted by Gasteiger charge is -2.25. The Balaban J connectivity index is 1.75. The van der Waals surface area contributed by atoms with Crippen molar-refractivity contribution in [3.05, 3.63) is 76.4 Å². The molecule has 1 atom stereocenters. The molecule has 166 valence electrons. The van der Waals surface area contributed by atoms with E-state index in [4.69, 9.17) is 18.6 Å². The lowest BCUT2D eigenvalue weighted by atomic mass is 9.85. The average molecular weight is 445 g/mol. The molecule has 8 heteroatoms. The molecule has 4 aromatic rings. The molecule has 2 aromatic heterocycles. The lowest BCUT2D eigenvalue weighted by Crippen LogP contribution is -2.22. The first-order valence-electron chi connectivity index (χ1n) is 10.2. The van der Waals surface area contributed by atoms with Crippen LogP contribution in [0.5, 0.6) is 23.0 Å². The van der Waals surface area contributed by atoms with Crippen molar-refractivity contribution in [1.29, 1.82) is 0 Å². The minimum atomic E-state index is -0.438. The number of benzene rings is 2. The van der Waals surface area contributed by atoms with Gasteiger partial charge in [-0.25, -0.2) is 0 Å². The maximum atomic E-state index is 13.5. The van der Waals surface area contributed by atoms with Crippen LogP contribution in [0, 0.1) is 0 Å². The highest BCUT2D eigenvalue weighted by atomic mass is 16.5. The summed E-state index contributed by atoms with van der Waals surface area (Å²) in [6.07, 6.45) is 4.66. The molecule has 0 saturated carbocycles. The number of methoxy groups -OCH3 is 2. The van der Waals surface area contributed by atoms with Crippen LogP contribution in [-0.2, 0) is 4.79 Å². The first kappa shape index (κ1) is 20.6. The largest absolute Gasteiger partial charge is 0.507 e. The number of pyridine rings is 1. The van der Waals surface area contributed by atoms with E-state index in [2.05, 4.69) is 4.98 Å². The molecule has 1 aliphatic heterocycles. The molecule has 0 saturated heterocycles. The van der Waals surface area contributed by atoms with Gasteiger partial charge in [0.2, 0.25) is 5.43 Å². The summed E-state index contributed by atoms with van der Waals surface area (Å²) in [5, 5.41) is 10.7.